The van der Waals surface area contributed by atoms with E-state index in [4.69, 9.17) is 10.7 Å². The molecule has 0 saturated heterocycles. The summed E-state index contributed by atoms with van der Waals surface area (Å²) in [6.45, 7) is 0. The molecule has 2 heteroatoms. The Kier molecular flexibility index (Phi) is 10.4. The molecule has 10 aromatic carbocycles. The van der Waals surface area contributed by atoms with Gasteiger partial charge in [0.2, 0.25) is 0 Å². The van der Waals surface area contributed by atoms with Gasteiger partial charge in [-0.05, 0) is 102 Å². The normalized spacial score (nSPS) is 13.0. The SMILES string of the molecule is NC(=N/C(=C\Cc1cc(-c2ccccc2)cc(-c2ccccc2)c1)c1ccc(-c2ccc3c(c2)-c2ccccc2C3(c2ccccc2)c2ccccc2)c2ccccc12)c1ccccc1. The van der Waals surface area contributed by atoms with Gasteiger partial charge in [-0.15, -0.1) is 0 Å². The van der Waals surface area contributed by atoms with Crippen molar-refractivity contribution in [3.63, 3.8) is 0 Å². The zero-order valence-electron chi connectivity index (χ0n) is 36.0. The first kappa shape index (κ1) is 39.5. The molecule has 2 nitrogen and oxygen atoms in total. The summed E-state index contributed by atoms with van der Waals surface area (Å²) < 4.78 is 0. The van der Waals surface area contributed by atoms with Crippen molar-refractivity contribution in [2.45, 2.75) is 11.8 Å². The molecule has 10 aromatic rings. The predicted octanol–water partition coefficient (Wildman–Crippen LogP) is 15.2. The van der Waals surface area contributed by atoms with Gasteiger partial charge < -0.3 is 5.73 Å². The van der Waals surface area contributed by atoms with Crippen LogP contribution < -0.4 is 5.73 Å². The number of fused-ring (bicyclic) bond motifs is 4. The van der Waals surface area contributed by atoms with Crippen LogP contribution in [0.15, 0.2) is 260 Å². The van der Waals surface area contributed by atoms with Crippen LogP contribution >= 0.6 is 0 Å². The highest BCUT2D eigenvalue weighted by molar-refractivity contribution is 6.06. The zero-order valence-corrected chi connectivity index (χ0v) is 36.0. The summed E-state index contributed by atoms with van der Waals surface area (Å²) in [5.41, 5.74) is 25.1. The molecule has 1 aliphatic rings. The Labute approximate surface area is 381 Å². The number of aliphatic imine (C=N–C) groups is 1. The molecule has 2 N–H and O–H groups in total. The Bertz CT molecular complexity index is 3270. The van der Waals surface area contributed by atoms with Gasteiger partial charge in [-0.25, -0.2) is 4.99 Å². The molecule has 65 heavy (non-hydrogen) atoms. The average Bonchev–Trinajstić information content (AvgIpc) is 3.69. The van der Waals surface area contributed by atoms with Crippen LogP contribution in [-0.2, 0) is 11.8 Å². The maximum absolute atomic E-state index is 6.87. The molecule has 11 rings (SSSR count). The minimum absolute atomic E-state index is 0.447. The van der Waals surface area contributed by atoms with Gasteiger partial charge in [0.05, 0.1) is 11.1 Å². The fourth-order valence-corrected chi connectivity index (χ4v) is 10.0. The van der Waals surface area contributed by atoms with Gasteiger partial charge in [-0.1, -0.05) is 243 Å². The fraction of sp³-hybridized carbons (Fsp3) is 0.0317. The maximum Gasteiger partial charge on any atom is 0.131 e. The Morgan fingerprint density at radius 3 is 1.55 bits per heavy atom. The number of allylic oxidation sites excluding steroid dienone is 1. The van der Waals surface area contributed by atoms with Crippen LogP contribution in [0.3, 0.4) is 0 Å². The molecule has 1 aliphatic carbocycles. The van der Waals surface area contributed by atoms with Gasteiger partial charge in [0, 0.05) is 11.1 Å². The number of amidine groups is 1. The lowest BCUT2D eigenvalue weighted by molar-refractivity contribution is 0.768. The van der Waals surface area contributed by atoms with E-state index in [0.29, 0.717) is 12.3 Å². The minimum Gasteiger partial charge on any atom is -0.383 e. The highest BCUT2D eigenvalue weighted by Crippen LogP contribution is 2.56. The topological polar surface area (TPSA) is 38.4 Å². The molecule has 0 heterocycles. The lowest BCUT2D eigenvalue weighted by atomic mass is 9.67. The van der Waals surface area contributed by atoms with Crippen molar-refractivity contribution in [2.75, 3.05) is 0 Å². The van der Waals surface area contributed by atoms with E-state index < -0.39 is 5.41 Å². The summed E-state index contributed by atoms with van der Waals surface area (Å²) >= 11 is 0. The number of nitrogens with two attached hydrogens (primary N) is 1. The number of rotatable bonds is 10. The van der Waals surface area contributed by atoms with E-state index in [-0.39, 0.29) is 0 Å². The Morgan fingerprint density at radius 1 is 0.400 bits per heavy atom. The molecule has 0 atom stereocenters. The molecule has 0 fully saturated rings. The number of hydrogen-bond donors (Lipinski definition) is 1. The molecular weight excluding hydrogens is 785 g/mol. The molecule has 308 valence electrons. The fourth-order valence-electron chi connectivity index (χ4n) is 10.0. The van der Waals surface area contributed by atoms with Gasteiger partial charge in [-0.2, -0.15) is 0 Å². The van der Waals surface area contributed by atoms with E-state index in [2.05, 4.69) is 224 Å². The van der Waals surface area contributed by atoms with Crippen molar-refractivity contribution in [3.05, 3.63) is 294 Å². The summed E-state index contributed by atoms with van der Waals surface area (Å²) in [7, 11) is 0. The Morgan fingerprint density at radius 2 is 0.923 bits per heavy atom. The van der Waals surface area contributed by atoms with Gasteiger partial charge >= 0.3 is 0 Å². The first-order valence-corrected chi connectivity index (χ1v) is 22.4. The number of hydrogen-bond acceptors (Lipinski definition) is 1. The maximum atomic E-state index is 6.87. The summed E-state index contributed by atoms with van der Waals surface area (Å²) in [4.78, 5) is 5.25. The lowest BCUT2D eigenvalue weighted by Gasteiger charge is -2.33. The lowest BCUT2D eigenvalue weighted by Crippen LogP contribution is -2.28. The van der Waals surface area contributed by atoms with Crippen molar-refractivity contribution in [3.8, 4) is 44.5 Å². The molecule has 0 spiro atoms. The van der Waals surface area contributed by atoms with Crippen molar-refractivity contribution >= 4 is 22.3 Å². The third-order valence-electron chi connectivity index (χ3n) is 13.0. The third kappa shape index (κ3) is 7.26. The molecule has 0 saturated carbocycles. The molecule has 0 aliphatic heterocycles. The highest BCUT2D eigenvalue weighted by atomic mass is 14.9. The third-order valence-corrected chi connectivity index (χ3v) is 13.0. The quantitative estimate of drug-likeness (QED) is 0.108. The van der Waals surface area contributed by atoms with E-state index in [1.807, 2.05) is 30.3 Å². The van der Waals surface area contributed by atoms with Gasteiger partial charge in [0.1, 0.15) is 5.84 Å². The van der Waals surface area contributed by atoms with E-state index in [1.165, 1.54) is 72.3 Å². The zero-order chi connectivity index (χ0) is 43.6. The second-order valence-electron chi connectivity index (χ2n) is 16.8. The van der Waals surface area contributed by atoms with Crippen molar-refractivity contribution in [2.24, 2.45) is 10.7 Å². The molecule has 0 unspecified atom stereocenters. The van der Waals surface area contributed by atoms with Crippen LogP contribution in [-0.4, -0.2) is 5.84 Å². The molecule has 0 amide bonds. The summed E-state index contributed by atoms with van der Waals surface area (Å²) in [6, 6.07) is 89.4. The van der Waals surface area contributed by atoms with Crippen molar-refractivity contribution < 1.29 is 0 Å². The average molecular weight is 831 g/mol. The van der Waals surface area contributed by atoms with Gasteiger partial charge in [0.25, 0.3) is 0 Å². The van der Waals surface area contributed by atoms with E-state index in [0.717, 1.165) is 27.6 Å². The van der Waals surface area contributed by atoms with E-state index >= 15 is 0 Å². The van der Waals surface area contributed by atoms with Crippen LogP contribution in [0.4, 0.5) is 0 Å². The van der Waals surface area contributed by atoms with E-state index in [9.17, 15) is 0 Å². The number of nitrogens with zero attached hydrogens (tertiary/aromatic N) is 1. The first-order chi connectivity index (χ1) is 32.1. The van der Waals surface area contributed by atoms with Gasteiger partial charge in [0.15, 0.2) is 0 Å². The van der Waals surface area contributed by atoms with Crippen LogP contribution in [0.25, 0.3) is 61.0 Å². The van der Waals surface area contributed by atoms with Crippen LogP contribution in [0.5, 0.6) is 0 Å². The second kappa shape index (κ2) is 17.1. The summed E-state index contributed by atoms with van der Waals surface area (Å²) in [6.07, 6.45) is 2.90. The highest BCUT2D eigenvalue weighted by Gasteiger charge is 2.46. The predicted molar refractivity (Wildman–Crippen MR) is 273 cm³/mol. The molecule has 0 bridgehead atoms. The smallest absolute Gasteiger partial charge is 0.131 e. The summed E-state index contributed by atoms with van der Waals surface area (Å²) in [5.74, 6) is 0.477. The monoisotopic (exact) mass is 830 g/mol. The largest absolute Gasteiger partial charge is 0.383 e. The summed E-state index contributed by atoms with van der Waals surface area (Å²) in [5, 5.41) is 2.28. The molecule has 0 aromatic heterocycles. The Balaban J connectivity index is 1.06. The molecule has 0 radical (unpaired) electrons. The first-order valence-electron chi connectivity index (χ1n) is 22.4. The Hall–Kier alpha value is -8.33. The van der Waals surface area contributed by atoms with Crippen LogP contribution in [0, 0.1) is 0 Å². The van der Waals surface area contributed by atoms with Crippen LogP contribution in [0.2, 0.25) is 0 Å². The standard InChI is InChI=1S/C63H46N2/c64-62(47-24-10-3-11-25-47)65-61(39-34-44-40-49(45-20-6-1-7-21-45)42-50(41-44)46-22-8-2-9-23-46)57-37-36-53(54-30-16-17-31-55(54)57)48-35-38-60-58(43-48)56-32-18-19-33-59(56)63(60,51-26-12-4-13-27-51)52-28-14-5-15-29-52/h1-33,35-43H,34H2,(H2,64,65)/b61-39-. The van der Waals surface area contributed by atoms with E-state index in [1.54, 1.807) is 0 Å². The van der Waals surface area contributed by atoms with Crippen molar-refractivity contribution in [1.29, 1.82) is 0 Å². The second-order valence-corrected chi connectivity index (χ2v) is 16.8. The minimum atomic E-state index is -0.447. The number of benzene rings is 10. The molecular formula is C63H46N2. The van der Waals surface area contributed by atoms with Crippen molar-refractivity contribution in [1.82, 2.24) is 0 Å². The van der Waals surface area contributed by atoms with Gasteiger partial charge in [-0.3, -0.25) is 0 Å². The van der Waals surface area contributed by atoms with Crippen LogP contribution in [0.1, 0.15) is 38.9 Å².